The summed E-state index contributed by atoms with van der Waals surface area (Å²) in [4.78, 5) is 155. The first-order chi connectivity index (χ1) is 37.1. The predicted octanol–water partition coefficient (Wildman–Crippen LogP) is -7.77. The first kappa shape index (κ1) is 71.0. The second kappa shape index (κ2) is 36.3. The number of nitrogens with zero attached hydrogens (tertiary/aromatic N) is 1. The molecule has 0 aromatic rings. The lowest BCUT2D eigenvalue weighted by Crippen LogP contribution is -2.67. The summed E-state index contributed by atoms with van der Waals surface area (Å²) in [5.41, 5.74) is 29.2. The van der Waals surface area contributed by atoms with Crippen LogP contribution in [0.4, 0.5) is 0 Å². The van der Waals surface area contributed by atoms with Gasteiger partial charge in [0.15, 0.2) is 0 Å². The normalized spacial score (nSPS) is 23.7. The summed E-state index contributed by atoms with van der Waals surface area (Å²) in [5, 5.41) is 64.8. The molecule has 79 heavy (non-hydrogen) atoms. The highest BCUT2D eigenvalue weighted by Crippen LogP contribution is 2.16. The third-order valence-electron chi connectivity index (χ3n) is 12.6. The third kappa shape index (κ3) is 23.7. The van der Waals surface area contributed by atoms with E-state index in [0.29, 0.717) is 12.3 Å². The monoisotopic (exact) mass is 1130 g/mol. The molecule has 0 aromatic heterocycles. The molecule has 0 aromatic carbocycles. The van der Waals surface area contributed by atoms with Gasteiger partial charge in [0.25, 0.3) is 11.8 Å². The molecule has 0 spiro atoms. The zero-order valence-corrected chi connectivity index (χ0v) is 46.6. The zero-order valence-electron chi connectivity index (χ0n) is 46.6. The summed E-state index contributed by atoms with van der Waals surface area (Å²) in [5.74, 6) is -12.5. The van der Waals surface area contributed by atoms with Crippen LogP contribution < -0.4 is 76.5 Å². The molecule has 1 saturated heterocycles. The minimum atomic E-state index is -2.24. The average molecular weight is 1130 g/mol. The Bertz CT molecular complexity index is 2030. The minimum absolute atomic E-state index is 0.0747. The van der Waals surface area contributed by atoms with Gasteiger partial charge in [0, 0.05) is 6.42 Å². The first-order valence-corrected chi connectivity index (χ1v) is 26.9. The summed E-state index contributed by atoms with van der Waals surface area (Å²) in [7, 11) is 0. The molecule has 23 N–H and O–H groups in total. The van der Waals surface area contributed by atoms with Crippen molar-refractivity contribution in [1.29, 1.82) is 0 Å². The second-order valence-corrected chi connectivity index (χ2v) is 20.5. The maximum absolute atomic E-state index is 15.0. The van der Waals surface area contributed by atoms with Crippen LogP contribution in [-0.2, 0) is 52.7 Å². The Morgan fingerprint density at radius 3 is 1.44 bits per heavy atom. The lowest BCUT2D eigenvalue weighted by atomic mass is 10.0. The van der Waals surface area contributed by atoms with Gasteiger partial charge in [-0.2, -0.15) is 0 Å². The van der Waals surface area contributed by atoms with Crippen LogP contribution in [0.2, 0.25) is 0 Å². The Morgan fingerprint density at radius 1 is 0.519 bits per heavy atom. The van der Waals surface area contributed by atoms with Gasteiger partial charge in [0.1, 0.15) is 60.4 Å². The van der Waals surface area contributed by atoms with E-state index >= 15 is 4.79 Å². The van der Waals surface area contributed by atoms with Crippen LogP contribution in [0.3, 0.4) is 0 Å². The number of hydrogen-bond donors (Lipinski definition) is 18. The van der Waals surface area contributed by atoms with Crippen LogP contribution in [-0.4, -0.2) is 208 Å². The van der Waals surface area contributed by atoms with Gasteiger partial charge < -0.3 is 96.9 Å². The van der Waals surface area contributed by atoms with Crippen molar-refractivity contribution in [3.63, 3.8) is 0 Å². The first-order valence-electron chi connectivity index (χ1n) is 26.9. The molecule has 7 unspecified atom stereocenters. The van der Waals surface area contributed by atoms with E-state index in [2.05, 4.69) is 47.9 Å². The molecule has 1 heterocycles. The van der Waals surface area contributed by atoms with Crippen LogP contribution in [0.5, 0.6) is 0 Å². The Balaban J connectivity index is 4.13. The van der Waals surface area contributed by atoms with Crippen LogP contribution in [0.15, 0.2) is 0 Å². The van der Waals surface area contributed by atoms with Crippen molar-refractivity contribution in [3.8, 4) is 0 Å². The zero-order chi connectivity index (χ0) is 60.3. The fourth-order valence-corrected chi connectivity index (χ4v) is 8.30. The maximum atomic E-state index is 15.0. The quantitative estimate of drug-likeness (QED) is 0.0340. The number of aliphatic hydroxyl groups excluding tert-OH is 4. The molecule has 1 aliphatic rings. The molecule has 13 atom stereocenters. The summed E-state index contributed by atoms with van der Waals surface area (Å²) < 4.78 is 0. The van der Waals surface area contributed by atoms with Crippen LogP contribution >= 0.6 is 0 Å². The average Bonchev–Trinajstić information content (AvgIpc) is 3.36. The summed E-state index contributed by atoms with van der Waals surface area (Å²) >= 11 is 0. The lowest BCUT2D eigenvalue weighted by molar-refractivity contribution is -0.158. The van der Waals surface area contributed by atoms with E-state index in [1.54, 1.807) is 13.8 Å². The van der Waals surface area contributed by atoms with Crippen LogP contribution in [0.1, 0.15) is 113 Å². The summed E-state index contributed by atoms with van der Waals surface area (Å²) in [6.07, 6.45) is -4.87. The van der Waals surface area contributed by atoms with Gasteiger partial charge in [0.2, 0.25) is 53.2 Å². The molecule has 1 rings (SSSR count). The van der Waals surface area contributed by atoms with E-state index in [1.165, 1.54) is 6.92 Å². The fourth-order valence-electron chi connectivity index (χ4n) is 8.30. The van der Waals surface area contributed by atoms with Gasteiger partial charge in [-0.15, -0.1) is 0 Å². The molecule has 452 valence electrons. The Hall–Kier alpha value is -5.99. The molecule has 30 heteroatoms. The van der Waals surface area contributed by atoms with Gasteiger partial charge in [-0.25, -0.2) is 0 Å². The summed E-state index contributed by atoms with van der Waals surface area (Å²) in [6, 6.07) is -17.8. The van der Waals surface area contributed by atoms with E-state index in [1.807, 2.05) is 13.8 Å². The molecule has 1 fully saturated rings. The number of carbonyl (C=O) groups excluding carboxylic acids is 11. The van der Waals surface area contributed by atoms with Crippen molar-refractivity contribution in [1.82, 2.24) is 52.8 Å². The van der Waals surface area contributed by atoms with E-state index in [0.717, 1.165) is 26.7 Å². The highest BCUT2D eigenvalue weighted by atomic mass is 16.3. The Morgan fingerprint density at radius 2 is 0.987 bits per heavy atom. The van der Waals surface area contributed by atoms with E-state index in [9.17, 15) is 68.4 Å². The molecule has 0 saturated carbocycles. The number of amides is 11. The van der Waals surface area contributed by atoms with Gasteiger partial charge in [-0.05, 0) is 110 Å². The van der Waals surface area contributed by atoms with Crippen molar-refractivity contribution in [2.45, 2.75) is 191 Å². The maximum Gasteiger partial charge on any atom is 0.255 e. The van der Waals surface area contributed by atoms with E-state index in [4.69, 9.17) is 28.7 Å². The Labute approximate surface area is 461 Å². The standard InChI is InChI=1S/C49H91N15O15/c1-24(2)10-8-9-11-36(69)55-29(12-17-50)42(72)61-38(27(6)67)47(77)60-34(23-65)48(78)64-35(16-21-54)45(75)57-30(13-18-51)41(71)59-33(22-25(3)4)44(74)62-37(26(5)66)46(76)58-31(14-19-52)40(70)56-32(15-20-53)43(73)63-39(28(7)68)49(64)79/h24-35,37-39,65-68H,8-23,50-54H2,1-7H3,(H,55,69)(H,56,70)(H,57,75)(H,58,76)(H,59,71)(H,60,77)(H,61,72)(H,62,74)(H,63,73)/t26-,27-,28-,29?,30?,31?,32?,33?,34?,35?,37+,38+,39+/m1/s1. The van der Waals surface area contributed by atoms with Crippen molar-refractivity contribution in [2.75, 3.05) is 39.3 Å². The van der Waals surface area contributed by atoms with Crippen LogP contribution in [0, 0.1) is 11.8 Å². The molecule has 11 amide bonds. The number of nitrogens with two attached hydrogens (primary N) is 5. The van der Waals surface area contributed by atoms with Crippen molar-refractivity contribution >= 4 is 65.0 Å². The van der Waals surface area contributed by atoms with Crippen molar-refractivity contribution in [3.05, 3.63) is 0 Å². The highest BCUT2D eigenvalue weighted by molar-refractivity contribution is 6.07. The molecule has 1 aliphatic heterocycles. The molecular formula is C49H91N15O15. The number of hydrogen-bond acceptors (Lipinski definition) is 20. The van der Waals surface area contributed by atoms with E-state index in [-0.39, 0.29) is 75.5 Å². The van der Waals surface area contributed by atoms with Crippen molar-refractivity contribution in [2.24, 2.45) is 40.5 Å². The molecular weight excluding hydrogens is 1040 g/mol. The molecule has 0 aliphatic carbocycles. The second-order valence-electron chi connectivity index (χ2n) is 20.5. The summed E-state index contributed by atoms with van der Waals surface area (Å²) in [6.45, 7) is 7.99. The van der Waals surface area contributed by atoms with Gasteiger partial charge >= 0.3 is 0 Å². The number of carbonyl (C=O) groups is 11. The third-order valence-corrected chi connectivity index (χ3v) is 12.6. The number of rotatable bonds is 27. The SMILES string of the molecule is CC(C)CCCCC(=O)NC(CCN)C(=O)N[C@H](C(=O)NC(CO)C(=O)N1C(=O)[C@H]([C@@H](C)O)NC(=O)C(CCN)NC(=O)C(CCN)NC(=O)[C@H]([C@@H](C)O)NC(=O)C(CC(C)C)NC(=O)C(CCN)NC(=O)C1CCN)[C@@H](C)O. The predicted molar refractivity (Wildman–Crippen MR) is 286 cm³/mol. The Kier molecular flexibility index (Phi) is 32.6. The highest BCUT2D eigenvalue weighted by Gasteiger charge is 2.45. The van der Waals surface area contributed by atoms with Gasteiger partial charge in [-0.3, -0.25) is 57.6 Å². The van der Waals surface area contributed by atoms with Crippen molar-refractivity contribution < 1.29 is 73.2 Å². The smallest absolute Gasteiger partial charge is 0.255 e. The number of aliphatic hydroxyl groups is 4. The number of unbranched alkanes of at least 4 members (excludes halogenated alkanes) is 1. The topological polar surface area (TPSA) is 510 Å². The number of nitrogens with one attached hydrogen (secondary N) is 9. The van der Waals surface area contributed by atoms with Gasteiger partial charge in [0.05, 0.1) is 24.9 Å². The van der Waals surface area contributed by atoms with E-state index < -0.39 is 163 Å². The van der Waals surface area contributed by atoms with Crippen LogP contribution in [0.25, 0.3) is 0 Å². The molecule has 30 nitrogen and oxygen atoms in total. The largest absolute Gasteiger partial charge is 0.394 e. The fraction of sp³-hybridized carbons (Fsp3) is 0.776. The minimum Gasteiger partial charge on any atom is -0.394 e. The lowest BCUT2D eigenvalue weighted by Gasteiger charge is -2.36. The van der Waals surface area contributed by atoms with Gasteiger partial charge in [-0.1, -0.05) is 40.5 Å². The molecule has 0 bridgehead atoms. The molecule has 0 radical (unpaired) electrons. The number of imide groups is 1.